The second kappa shape index (κ2) is 7.55. The van der Waals surface area contributed by atoms with E-state index in [2.05, 4.69) is 22.5 Å². The summed E-state index contributed by atoms with van der Waals surface area (Å²) in [6.07, 6.45) is 2.71. The molecule has 0 unspecified atom stereocenters. The zero-order chi connectivity index (χ0) is 15.1. The van der Waals surface area contributed by atoms with Crippen molar-refractivity contribution < 1.29 is 4.79 Å². The summed E-state index contributed by atoms with van der Waals surface area (Å²) >= 11 is 0. The molecule has 2 rings (SSSR count). The minimum atomic E-state index is -0.139. The third kappa shape index (κ3) is 4.68. The van der Waals surface area contributed by atoms with Crippen LogP contribution in [0, 0.1) is 6.92 Å². The normalized spacial score (nSPS) is 10.4. The number of anilines is 1. The van der Waals surface area contributed by atoms with Crippen molar-refractivity contribution in [2.45, 2.75) is 26.8 Å². The molecule has 0 saturated carbocycles. The van der Waals surface area contributed by atoms with E-state index in [0.717, 1.165) is 30.9 Å². The van der Waals surface area contributed by atoms with Gasteiger partial charge in [0.2, 0.25) is 0 Å². The van der Waals surface area contributed by atoms with Gasteiger partial charge < -0.3 is 10.6 Å². The van der Waals surface area contributed by atoms with Crippen LogP contribution >= 0.6 is 0 Å². The summed E-state index contributed by atoms with van der Waals surface area (Å²) in [6.45, 7) is 5.90. The van der Waals surface area contributed by atoms with Crippen molar-refractivity contribution in [3.8, 4) is 0 Å². The molecule has 0 fully saturated rings. The fraction of sp³-hybridized carbons (Fsp3) is 0.294. The molecule has 4 nitrogen and oxygen atoms in total. The van der Waals surface area contributed by atoms with Crippen LogP contribution in [0.1, 0.15) is 35.0 Å². The molecular weight excluding hydrogens is 262 g/mol. The number of pyridine rings is 1. The van der Waals surface area contributed by atoms with Gasteiger partial charge in [-0.2, -0.15) is 0 Å². The van der Waals surface area contributed by atoms with Gasteiger partial charge in [-0.25, -0.2) is 0 Å². The Morgan fingerprint density at radius 2 is 1.90 bits per heavy atom. The predicted molar refractivity (Wildman–Crippen MR) is 85.4 cm³/mol. The molecule has 1 aromatic heterocycles. The van der Waals surface area contributed by atoms with Gasteiger partial charge in [0.15, 0.2) is 0 Å². The lowest BCUT2D eigenvalue weighted by Crippen LogP contribution is -2.14. The number of amides is 1. The summed E-state index contributed by atoms with van der Waals surface area (Å²) in [5, 5.41) is 6.22. The van der Waals surface area contributed by atoms with E-state index >= 15 is 0 Å². The first-order valence-corrected chi connectivity index (χ1v) is 7.22. The van der Waals surface area contributed by atoms with Crippen LogP contribution in [0.3, 0.4) is 0 Å². The van der Waals surface area contributed by atoms with Gasteiger partial charge in [0.25, 0.3) is 5.91 Å². The molecule has 0 atom stereocenters. The van der Waals surface area contributed by atoms with Crippen molar-refractivity contribution >= 4 is 11.6 Å². The van der Waals surface area contributed by atoms with Gasteiger partial charge in [-0.05, 0) is 49.7 Å². The molecular formula is C17H21N3O. The first-order chi connectivity index (χ1) is 10.2. The van der Waals surface area contributed by atoms with E-state index in [1.54, 1.807) is 12.3 Å². The average Bonchev–Trinajstić information content (AvgIpc) is 2.50. The van der Waals surface area contributed by atoms with Crippen LogP contribution in [0.15, 0.2) is 42.6 Å². The summed E-state index contributed by atoms with van der Waals surface area (Å²) in [5.41, 5.74) is 3.46. The number of carbonyl (C=O) groups is 1. The number of nitrogens with one attached hydrogen (secondary N) is 2. The SMILES string of the molecule is CCCNCc1ccc(NC(=O)c2ccc(C)nc2)cc1. The van der Waals surface area contributed by atoms with Crippen molar-refractivity contribution in [1.82, 2.24) is 10.3 Å². The van der Waals surface area contributed by atoms with E-state index in [-0.39, 0.29) is 5.91 Å². The van der Waals surface area contributed by atoms with Crippen LogP contribution < -0.4 is 10.6 Å². The molecule has 0 aliphatic rings. The second-order valence-corrected chi connectivity index (χ2v) is 5.02. The van der Waals surface area contributed by atoms with Crippen molar-refractivity contribution in [3.63, 3.8) is 0 Å². The van der Waals surface area contributed by atoms with Crippen molar-refractivity contribution in [2.75, 3.05) is 11.9 Å². The van der Waals surface area contributed by atoms with Crippen LogP contribution in [0.25, 0.3) is 0 Å². The van der Waals surface area contributed by atoms with E-state index in [9.17, 15) is 4.79 Å². The minimum Gasteiger partial charge on any atom is -0.322 e. The standard InChI is InChI=1S/C17H21N3O/c1-3-10-18-11-14-5-8-16(9-6-14)20-17(21)15-7-4-13(2)19-12-15/h4-9,12,18H,3,10-11H2,1-2H3,(H,20,21). The number of rotatable bonds is 6. The van der Waals surface area contributed by atoms with Crippen LogP contribution in [0.4, 0.5) is 5.69 Å². The predicted octanol–water partition coefficient (Wildman–Crippen LogP) is 3.14. The average molecular weight is 283 g/mol. The number of hydrogen-bond donors (Lipinski definition) is 2. The summed E-state index contributed by atoms with van der Waals surface area (Å²) in [5.74, 6) is -0.139. The Labute approximate surface area is 125 Å². The molecule has 0 spiro atoms. The molecule has 1 heterocycles. The molecule has 1 aromatic carbocycles. The maximum atomic E-state index is 12.1. The zero-order valence-electron chi connectivity index (χ0n) is 12.5. The lowest BCUT2D eigenvalue weighted by Gasteiger charge is -2.07. The maximum absolute atomic E-state index is 12.1. The van der Waals surface area contributed by atoms with E-state index in [1.165, 1.54) is 5.56 Å². The van der Waals surface area contributed by atoms with E-state index in [4.69, 9.17) is 0 Å². The largest absolute Gasteiger partial charge is 0.322 e. The minimum absolute atomic E-state index is 0.139. The molecule has 0 radical (unpaired) electrons. The summed E-state index contributed by atoms with van der Waals surface area (Å²) in [6, 6.07) is 11.5. The molecule has 21 heavy (non-hydrogen) atoms. The van der Waals surface area contributed by atoms with Crippen molar-refractivity contribution in [1.29, 1.82) is 0 Å². The fourth-order valence-corrected chi connectivity index (χ4v) is 1.92. The topological polar surface area (TPSA) is 54.0 Å². The van der Waals surface area contributed by atoms with Crippen LogP contribution in [-0.2, 0) is 6.54 Å². The molecule has 2 aromatic rings. The monoisotopic (exact) mass is 283 g/mol. The third-order valence-electron chi connectivity index (χ3n) is 3.14. The highest BCUT2D eigenvalue weighted by Crippen LogP contribution is 2.11. The molecule has 2 N–H and O–H groups in total. The Morgan fingerprint density at radius 1 is 1.14 bits per heavy atom. The Kier molecular flexibility index (Phi) is 5.46. The number of benzene rings is 1. The highest BCUT2D eigenvalue weighted by molar-refractivity contribution is 6.04. The smallest absolute Gasteiger partial charge is 0.257 e. The Balaban J connectivity index is 1.93. The molecule has 0 aliphatic carbocycles. The number of carbonyl (C=O) groups excluding carboxylic acids is 1. The van der Waals surface area contributed by atoms with Gasteiger partial charge in [-0.1, -0.05) is 19.1 Å². The molecule has 4 heteroatoms. The van der Waals surface area contributed by atoms with Crippen LogP contribution in [0.5, 0.6) is 0 Å². The van der Waals surface area contributed by atoms with E-state index < -0.39 is 0 Å². The lowest BCUT2D eigenvalue weighted by atomic mass is 10.2. The van der Waals surface area contributed by atoms with Crippen molar-refractivity contribution in [2.24, 2.45) is 0 Å². The van der Waals surface area contributed by atoms with Crippen LogP contribution in [0.2, 0.25) is 0 Å². The van der Waals surface area contributed by atoms with E-state index in [0.29, 0.717) is 5.56 Å². The van der Waals surface area contributed by atoms with Crippen LogP contribution in [-0.4, -0.2) is 17.4 Å². The van der Waals surface area contributed by atoms with Gasteiger partial charge in [0.1, 0.15) is 0 Å². The first kappa shape index (κ1) is 15.2. The highest BCUT2D eigenvalue weighted by atomic mass is 16.1. The Hall–Kier alpha value is -2.20. The summed E-state index contributed by atoms with van der Waals surface area (Å²) in [7, 11) is 0. The lowest BCUT2D eigenvalue weighted by molar-refractivity contribution is 0.102. The zero-order valence-corrected chi connectivity index (χ0v) is 12.5. The maximum Gasteiger partial charge on any atom is 0.257 e. The quantitative estimate of drug-likeness (QED) is 0.801. The van der Waals surface area contributed by atoms with Gasteiger partial charge in [-0.3, -0.25) is 9.78 Å². The number of aryl methyl sites for hydroxylation is 1. The van der Waals surface area contributed by atoms with Crippen molar-refractivity contribution in [3.05, 3.63) is 59.4 Å². The number of nitrogens with zero attached hydrogens (tertiary/aromatic N) is 1. The van der Waals surface area contributed by atoms with Gasteiger partial charge in [0.05, 0.1) is 5.56 Å². The molecule has 0 bridgehead atoms. The summed E-state index contributed by atoms with van der Waals surface area (Å²) in [4.78, 5) is 16.2. The third-order valence-corrected chi connectivity index (χ3v) is 3.14. The molecule has 0 aliphatic heterocycles. The molecule has 110 valence electrons. The molecule has 1 amide bonds. The second-order valence-electron chi connectivity index (χ2n) is 5.02. The Morgan fingerprint density at radius 3 is 2.52 bits per heavy atom. The van der Waals surface area contributed by atoms with Gasteiger partial charge in [0, 0.05) is 24.1 Å². The van der Waals surface area contributed by atoms with Gasteiger partial charge >= 0.3 is 0 Å². The number of aromatic nitrogens is 1. The molecule has 0 saturated heterocycles. The number of hydrogen-bond acceptors (Lipinski definition) is 3. The summed E-state index contributed by atoms with van der Waals surface area (Å²) < 4.78 is 0. The van der Waals surface area contributed by atoms with Gasteiger partial charge in [-0.15, -0.1) is 0 Å². The first-order valence-electron chi connectivity index (χ1n) is 7.22. The highest BCUT2D eigenvalue weighted by Gasteiger charge is 2.06. The Bertz CT molecular complexity index is 576. The fourth-order valence-electron chi connectivity index (χ4n) is 1.92. The van der Waals surface area contributed by atoms with E-state index in [1.807, 2.05) is 37.3 Å².